The number of allylic oxidation sites excluding steroid dienone is 2. The van der Waals surface area contributed by atoms with Crippen LogP contribution in [0.4, 0.5) is 0 Å². The topological polar surface area (TPSA) is 222 Å². The maximum absolute atomic E-state index is 13.2. The highest BCUT2D eigenvalue weighted by Gasteiger charge is 2.31. The number of methoxy groups -OCH3 is 1. The van der Waals surface area contributed by atoms with Crippen molar-refractivity contribution in [2.24, 2.45) is 5.92 Å². The summed E-state index contributed by atoms with van der Waals surface area (Å²) >= 11 is 0. The summed E-state index contributed by atoms with van der Waals surface area (Å²) in [5.74, 6) is -6.33. The largest absolute Gasteiger partial charge is 0.481 e. The van der Waals surface area contributed by atoms with E-state index in [4.69, 9.17) is 14.9 Å². The maximum Gasteiger partial charge on any atom is 0.328 e. The average Bonchev–Trinajstić information content (AvgIpc) is 2.98. The molecule has 0 spiro atoms. The molecule has 0 heterocycles. The van der Waals surface area contributed by atoms with Gasteiger partial charge in [0.25, 0.3) is 0 Å². The van der Waals surface area contributed by atoms with E-state index < -0.39 is 66.6 Å². The summed E-state index contributed by atoms with van der Waals surface area (Å²) in [7, 11) is 1.14. The normalized spacial score (nSPS) is 14.4. The highest BCUT2D eigenvalue weighted by Crippen LogP contribution is 2.24. The number of esters is 1. The fourth-order valence-corrected chi connectivity index (χ4v) is 4.71. The summed E-state index contributed by atoms with van der Waals surface area (Å²) < 4.78 is 4.73. The number of hydrogen-bond donors (Lipinski definition) is 5. The molecular weight excluding hydrogens is 590 g/mol. The van der Waals surface area contributed by atoms with E-state index in [1.807, 2.05) is 13.8 Å². The number of nitrogens with one attached hydrogen (secondary N) is 3. The Hall–Kier alpha value is -4.88. The van der Waals surface area contributed by atoms with Gasteiger partial charge in [0, 0.05) is 36.0 Å². The van der Waals surface area contributed by atoms with Gasteiger partial charge in [-0.1, -0.05) is 38.1 Å². The van der Waals surface area contributed by atoms with Gasteiger partial charge in [0.1, 0.15) is 18.1 Å². The van der Waals surface area contributed by atoms with Gasteiger partial charge in [0.2, 0.25) is 17.7 Å². The van der Waals surface area contributed by atoms with Crippen LogP contribution >= 0.6 is 0 Å². The van der Waals surface area contributed by atoms with Crippen molar-refractivity contribution >= 4 is 47.2 Å². The van der Waals surface area contributed by atoms with E-state index in [9.17, 15) is 38.4 Å². The number of carbonyl (C=O) groups is 8. The fraction of sp³-hybridized carbons (Fsp3) is 0.484. The molecule has 1 aliphatic carbocycles. The molecular formula is C31H39N3O11. The van der Waals surface area contributed by atoms with Crippen molar-refractivity contribution < 1.29 is 53.3 Å². The van der Waals surface area contributed by atoms with Crippen molar-refractivity contribution in [1.82, 2.24) is 16.0 Å². The number of carboxylic acids is 2. The van der Waals surface area contributed by atoms with Gasteiger partial charge >= 0.3 is 17.9 Å². The summed E-state index contributed by atoms with van der Waals surface area (Å²) in [6, 6.07) is 2.50. The zero-order valence-corrected chi connectivity index (χ0v) is 25.4. The predicted octanol–water partition coefficient (Wildman–Crippen LogP) is 1.57. The Morgan fingerprint density at radius 3 is 1.84 bits per heavy atom. The molecule has 1 aromatic rings. The first-order valence-electron chi connectivity index (χ1n) is 14.5. The number of carbonyl (C=O) groups excluding carboxylic acids is 6. The van der Waals surface area contributed by atoms with Crippen LogP contribution in [0.25, 0.3) is 0 Å². The van der Waals surface area contributed by atoms with Crippen LogP contribution in [-0.2, 0) is 33.5 Å². The molecule has 0 radical (unpaired) electrons. The lowest BCUT2D eigenvalue weighted by atomic mass is 9.87. The SMILES string of the molecule is COC(=O)C(CC(C)C)NC(=O)C(CCC(=O)O)NC(=O)C(CCC(=O)O)NC(=O)CCCC1=CC(=O)c2ccccc2C1=O. The summed E-state index contributed by atoms with van der Waals surface area (Å²) in [5.41, 5.74) is 0.812. The van der Waals surface area contributed by atoms with E-state index in [0.717, 1.165) is 7.11 Å². The van der Waals surface area contributed by atoms with Gasteiger partial charge in [-0.05, 0) is 44.1 Å². The van der Waals surface area contributed by atoms with Crippen molar-refractivity contribution in [3.8, 4) is 0 Å². The second kappa shape index (κ2) is 17.4. The van der Waals surface area contributed by atoms with Crippen LogP contribution in [0.15, 0.2) is 35.9 Å². The van der Waals surface area contributed by atoms with Crippen molar-refractivity contribution in [2.45, 2.75) is 83.3 Å². The molecule has 0 saturated carbocycles. The molecule has 3 amide bonds. The number of aliphatic carboxylic acids is 2. The Labute approximate surface area is 260 Å². The molecule has 14 heteroatoms. The van der Waals surface area contributed by atoms with Crippen LogP contribution in [0.2, 0.25) is 0 Å². The van der Waals surface area contributed by atoms with Gasteiger partial charge in [0.05, 0.1) is 7.11 Å². The summed E-state index contributed by atoms with van der Waals surface area (Å²) in [4.78, 5) is 98.8. The number of Topliss-reactive ketones (excluding diaryl/α,β-unsaturated/α-hetero) is 1. The van der Waals surface area contributed by atoms with Crippen molar-refractivity contribution in [3.63, 3.8) is 0 Å². The lowest BCUT2D eigenvalue weighted by molar-refractivity contribution is -0.146. The Morgan fingerprint density at radius 2 is 1.31 bits per heavy atom. The predicted molar refractivity (Wildman–Crippen MR) is 158 cm³/mol. The van der Waals surface area contributed by atoms with E-state index >= 15 is 0 Å². The molecule has 3 atom stereocenters. The van der Waals surface area contributed by atoms with Crippen LogP contribution in [0.5, 0.6) is 0 Å². The number of fused-ring (bicyclic) bond motifs is 1. The summed E-state index contributed by atoms with van der Waals surface area (Å²) in [5, 5.41) is 25.6. The monoisotopic (exact) mass is 629 g/mol. The second-order valence-electron chi connectivity index (χ2n) is 11.0. The van der Waals surface area contributed by atoms with Crippen LogP contribution < -0.4 is 16.0 Å². The van der Waals surface area contributed by atoms with Gasteiger partial charge in [0.15, 0.2) is 11.6 Å². The number of amides is 3. The minimum absolute atomic E-state index is 0.0269. The molecule has 45 heavy (non-hydrogen) atoms. The molecule has 2 rings (SSSR count). The lowest BCUT2D eigenvalue weighted by Crippen LogP contribution is -2.56. The van der Waals surface area contributed by atoms with Crippen LogP contribution in [0, 0.1) is 5.92 Å². The van der Waals surface area contributed by atoms with Gasteiger partial charge in [-0.3, -0.25) is 33.6 Å². The molecule has 1 aromatic carbocycles. The standard InChI is InChI=1S/C31H39N3O11/c1-17(2)15-23(31(44)45-3)34-30(43)22(12-14-27(39)40)33-29(42)21(11-13-26(37)38)32-25(36)10-6-7-18-16-24(35)19-8-4-5-9-20(19)28(18)41/h4-5,8-9,16-17,21-23H,6-7,10-15H2,1-3H3,(H,32,36)(H,33,42)(H,34,43)(H,37,38)(H,39,40). The molecule has 3 unspecified atom stereocenters. The van der Waals surface area contributed by atoms with Crippen LogP contribution in [0.1, 0.15) is 85.9 Å². The molecule has 244 valence electrons. The molecule has 0 aliphatic heterocycles. The first-order chi connectivity index (χ1) is 21.2. The molecule has 5 N–H and O–H groups in total. The third-order valence-corrected chi connectivity index (χ3v) is 6.97. The Bertz CT molecular complexity index is 1350. The fourth-order valence-electron chi connectivity index (χ4n) is 4.71. The first kappa shape index (κ1) is 36.3. The molecule has 0 bridgehead atoms. The average molecular weight is 630 g/mol. The minimum atomic E-state index is -1.43. The minimum Gasteiger partial charge on any atom is -0.481 e. The molecule has 0 fully saturated rings. The van der Waals surface area contributed by atoms with E-state index in [-0.39, 0.29) is 67.1 Å². The lowest BCUT2D eigenvalue weighted by Gasteiger charge is -2.25. The van der Waals surface area contributed by atoms with Gasteiger partial charge in [-0.2, -0.15) is 0 Å². The van der Waals surface area contributed by atoms with Gasteiger partial charge in [-0.25, -0.2) is 4.79 Å². The van der Waals surface area contributed by atoms with Gasteiger partial charge in [-0.15, -0.1) is 0 Å². The van der Waals surface area contributed by atoms with Crippen molar-refractivity contribution in [3.05, 3.63) is 47.0 Å². The first-order valence-corrected chi connectivity index (χ1v) is 14.5. The number of ketones is 2. The Morgan fingerprint density at radius 1 is 0.778 bits per heavy atom. The number of benzene rings is 1. The van der Waals surface area contributed by atoms with Crippen molar-refractivity contribution in [2.75, 3.05) is 7.11 Å². The van der Waals surface area contributed by atoms with E-state index in [2.05, 4.69) is 16.0 Å². The molecule has 14 nitrogen and oxygen atoms in total. The third kappa shape index (κ3) is 11.6. The Kier molecular flexibility index (Phi) is 14.1. The summed E-state index contributed by atoms with van der Waals surface area (Å²) in [6.45, 7) is 3.62. The molecule has 0 saturated heterocycles. The molecule has 1 aliphatic rings. The number of ether oxygens (including phenoxy) is 1. The van der Waals surface area contributed by atoms with Crippen LogP contribution in [0.3, 0.4) is 0 Å². The van der Waals surface area contributed by atoms with E-state index in [0.29, 0.717) is 5.56 Å². The third-order valence-electron chi connectivity index (χ3n) is 6.97. The second-order valence-corrected chi connectivity index (χ2v) is 11.0. The quantitative estimate of drug-likeness (QED) is 0.147. The smallest absolute Gasteiger partial charge is 0.328 e. The van der Waals surface area contributed by atoms with Gasteiger partial charge < -0.3 is 30.9 Å². The zero-order chi connectivity index (χ0) is 33.7. The number of rotatable bonds is 18. The Balaban J connectivity index is 2.09. The van der Waals surface area contributed by atoms with Crippen LogP contribution in [-0.4, -0.2) is 82.6 Å². The zero-order valence-electron chi connectivity index (χ0n) is 25.4. The van der Waals surface area contributed by atoms with E-state index in [1.54, 1.807) is 24.3 Å². The van der Waals surface area contributed by atoms with E-state index in [1.165, 1.54) is 6.08 Å². The maximum atomic E-state index is 13.2. The highest BCUT2D eigenvalue weighted by molar-refractivity contribution is 6.24. The number of carboxylic acid groups (broad SMARTS) is 2. The molecule has 0 aromatic heterocycles. The highest BCUT2D eigenvalue weighted by atomic mass is 16.5. The number of hydrogen-bond acceptors (Lipinski definition) is 9. The van der Waals surface area contributed by atoms with Crippen molar-refractivity contribution in [1.29, 1.82) is 0 Å². The summed E-state index contributed by atoms with van der Waals surface area (Å²) in [6.07, 6.45) is -0.200.